The largest absolute Gasteiger partial charge is 0.507 e. The Bertz CT molecular complexity index is 1410. The van der Waals surface area contributed by atoms with E-state index in [9.17, 15) is 5.11 Å². The summed E-state index contributed by atoms with van der Waals surface area (Å²) in [4.78, 5) is 9.50. The molecule has 2 heterocycles. The molecule has 0 aliphatic carbocycles. The van der Waals surface area contributed by atoms with Crippen molar-refractivity contribution in [3.05, 3.63) is 73.0 Å². The maximum Gasteiger partial charge on any atom is 0.165 e. The van der Waals surface area contributed by atoms with Crippen LogP contribution in [0, 0.1) is 0 Å². The van der Waals surface area contributed by atoms with E-state index in [4.69, 9.17) is 20.1 Å². The van der Waals surface area contributed by atoms with Gasteiger partial charge >= 0.3 is 0 Å². The molecule has 0 bridgehead atoms. The third-order valence-corrected chi connectivity index (χ3v) is 5.68. The molecule has 1 unspecified atom stereocenters. The van der Waals surface area contributed by atoms with Gasteiger partial charge in [0.05, 0.1) is 17.3 Å². The summed E-state index contributed by atoms with van der Waals surface area (Å²) in [6.07, 6.45) is 2.55. The fraction of sp³-hybridized carbons (Fsp3) is 0.154. The standard InChI is InChI=1S/C26H24N4O2/c1-2-19(27)15-28-25-20-5-3-4-6-22(20)29-26(30-25)21-14-17(7-9-23(21)31)16-8-10-24-18(13-16)11-12-32-24/h3-14,19,31H,2,15,27H2,1H3,(H,28,29,30). The first kappa shape index (κ1) is 20.0. The van der Waals surface area contributed by atoms with Crippen molar-refractivity contribution >= 4 is 27.7 Å². The predicted octanol–water partition coefficient (Wildman–Crippen LogP) is 5.56. The number of rotatable bonds is 6. The summed E-state index contributed by atoms with van der Waals surface area (Å²) in [5, 5.41) is 16.0. The second-order valence-corrected chi connectivity index (χ2v) is 7.87. The van der Waals surface area contributed by atoms with E-state index < -0.39 is 0 Å². The van der Waals surface area contributed by atoms with Crippen LogP contribution >= 0.6 is 0 Å². The molecule has 0 saturated carbocycles. The molecule has 2 aromatic heterocycles. The van der Waals surface area contributed by atoms with E-state index in [0.717, 1.165) is 39.4 Å². The van der Waals surface area contributed by atoms with Gasteiger partial charge in [-0.2, -0.15) is 0 Å². The third-order valence-electron chi connectivity index (χ3n) is 5.68. The van der Waals surface area contributed by atoms with Crippen molar-refractivity contribution in [1.29, 1.82) is 0 Å². The van der Waals surface area contributed by atoms with E-state index in [-0.39, 0.29) is 11.8 Å². The van der Waals surface area contributed by atoms with Gasteiger partial charge in [-0.25, -0.2) is 9.97 Å². The quantitative estimate of drug-likeness (QED) is 0.330. The first-order chi connectivity index (χ1) is 15.6. The molecular formula is C26H24N4O2. The van der Waals surface area contributed by atoms with Crippen LogP contribution in [-0.4, -0.2) is 27.7 Å². The Kier molecular flexibility index (Phi) is 5.21. The Morgan fingerprint density at radius 3 is 2.69 bits per heavy atom. The van der Waals surface area contributed by atoms with Crippen LogP contribution in [0.1, 0.15) is 13.3 Å². The Balaban J connectivity index is 1.60. The Morgan fingerprint density at radius 2 is 1.81 bits per heavy atom. The van der Waals surface area contributed by atoms with Crippen molar-refractivity contribution in [2.24, 2.45) is 5.73 Å². The molecule has 0 saturated heterocycles. The minimum absolute atomic E-state index is 0.0294. The molecule has 5 aromatic rings. The van der Waals surface area contributed by atoms with Gasteiger partial charge in [0.25, 0.3) is 0 Å². The lowest BCUT2D eigenvalue weighted by Gasteiger charge is -2.14. The molecule has 3 aromatic carbocycles. The van der Waals surface area contributed by atoms with Crippen LogP contribution in [0.4, 0.5) is 5.82 Å². The van der Waals surface area contributed by atoms with E-state index in [2.05, 4.69) is 18.3 Å². The summed E-state index contributed by atoms with van der Waals surface area (Å²) in [5.74, 6) is 1.30. The van der Waals surface area contributed by atoms with Crippen molar-refractivity contribution in [2.45, 2.75) is 19.4 Å². The molecule has 5 rings (SSSR count). The van der Waals surface area contributed by atoms with Gasteiger partial charge in [0.2, 0.25) is 0 Å². The SMILES string of the molecule is CCC(N)CNc1nc(-c2cc(-c3ccc4occc4c3)ccc2O)nc2ccccc12. The minimum Gasteiger partial charge on any atom is -0.507 e. The molecule has 160 valence electrons. The summed E-state index contributed by atoms with van der Waals surface area (Å²) in [6, 6.07) is 21.3. The first-order valence-electron chi connectivity index (χ1n) is 10.7. The molecule has 6 nitrogen and oxygen atoms in total. The fourth-order valence-electron chi connectivity index (χ4n) is 3.74. The molecule has 1 atom stereocenters. The minimum atomic E-state index is 0.0294. The summed E-state index contributed by atoms with van der Waals surface area (Å²) in [5.41, 5.74) is 10.3. The van der Waals surface area contributed by atoms with Gasteiger partial charge < -0.3 is 20.6 Å². The highest BCUT2D eigenvalue weighted by Gasteiger charge is 2.14. The number of phenolic OH excluding ortho intramolecular Hbond substituents is 1. The zero-order valence-corrected chi connectivity index (χ0v) is 17.7. The second kappa shape index (κ2) is 8.32. The number of para-hydroxylation sites is 1. The molecule has 32 heavy (non-hydrogen) atoms. The highest BCUT2D eigenvalue weighted by Crippen LogP contribution is 2.35. The number of hydrogen-bond donors (Lipinski definition) is 3. The number of hydrogen-bond acceptors (Lipinski definition) is 6. The highest BCUT2D eigenvalue weighted by molar-refractivity contribution is 5.91. The lowest BCUT2D eigenvalue weighted by atomic mass is 10.0. The average molecular weight is 425 g/mol. The Morgan fingerprint density at radius 1 is 1.00 bits per heavy atom. The van der Waals surface area contributed by atoms with E-state index >= 15 is 0 Å². The number of fused-ring (bicyclic) bond motifs is 2. The van der Waals surface area contributed by atoms with Gasteiger partial charge in [0, 0.05) is 23.4 Å². The maximum atomic E-state index is 10.7. The second-order valence-electron chi connectivity index (χ2n) is 7.87. The number of aromatic hydroxyl groups is 1. The van der Waals surface area contributed by atoms with Crippen LogP contribution in [-0.2, 0) is 0 Å². The summed E-state index contributed by atoms with van der Waals surface area (Å²) < 4.78 is 5.45. The Labute approximate surface area is 185 Å². The van der Waals surface area contributed by atoms with Crippen molar-refractivity contribution < 1.29 is 9.52 Å². The number of nitrogens with one attached hydrogen (secondary N) is 1. The van der Waals surface area contributed by atoms with Crippen LogP contribution in [0.2, 0.25) is 0 Å². The third kappa shape index (κ3) is 3.76. The molecule has 0 aliphatic heterocycles. The molecule has 6 heteroatoms. The van der Waals surface area contributed by atoms with Crippen LogP contribution in [0.3, 0.4) is 0 Å². The first-order valence-corrected chi connectivity index (χ1v) is 10.7. The van der Waals surface area contributed by atoms with Gasteiger partial charge in [0.15, 0.2) is 5.82 Å². The number of aromatic nitrogens is 2. The molecule has 0 amide bonds. The fourth-order valence-corrected chi connectivity index (χ4v) is 3.74. The van der Waals surface area contributed by atoms with Gasteiger partial charge in [-0.05, 0) is 60.0 Å². The zero-order chi connectivity index (χ0) is 22.1. The van der Waals surface area contributed by atoms with Crippen LogP contribution in [0.25, 0.3) is 44.4 Å². The number of anilines is 1. The monoisotopic (exact) mass is 424 g/mol. The van der Waals surface area contributed by atoms with Crippen LogP contribution in [0.5, 0.6) is 5.75 Å². The van der Waals surface area contributed by atoms with E-state index in [1.54, 1.807) is 12.3 Å². The average Bonchev–Trinajstić information content (AvgIpc) is 3.30. The number of furan rings is 1. The van der Waals surface area contributed by atoms with Crippen molar-refractivity contribution in [3.63, 3.8) is 0 Å². The summed E-state index contributed by atoms with van der Waals surface area (Å²) in [7, 11) is 0. The van der Waals surface area contributed by atoms with Crippen molar-refractivity contribution in [1.82, 2.24) is 9.97 Å². The lowest BCUT2D eigenvalue weighted by Crippen LogP contribution is -2.28. The maximum absolute atomic E-state index is 10.7. The normalized spacial score (nSPS) is 12.3. The van der Waals surface area contributed by atoms with Gasteiger partial charge in [0.1, 0.15) is 17.2 Å². The molecule has 0 aliphatic rings. The van der Waals surface area contributed by atoms with E-state index in [0.29, 0.717) is 23.8 Å². The lowest BCUT2D eigenvalue weighted by molar-refractivity contribution is 0.477. The molecule has 0 radical (unpaired) electrons. The van der Waals surface area contributed by atoms with Gasteiger partial charge in [-0.3, -0.25) is 0 Å². The van der Waals surface area contributed by atoms with E-state index in [1.165, 1.54) is 0 Å². The number of benzene rings is 3. The van der Waals surface area contributed by atoms with E-state index in [1.807, 2.05) is 54.6 Å². The topological polar surface area (TPSA) is 97.2 Å². The van der Waals surface area contributed by atoms with Gasteiger partial charge in [-0.15, -0.1) is 0 Å². The predicted molar refractivity (Wildman–Crippen MR) is 129 cm³/mol. The van der Waals surface area contributed by atoms with Crippen LogP contribution < -0.4 is 11.1 Å². The number of nitrogens with two attached hydrogens (primary N) is 1. The number of nitrogens with zero attached hydrogens (tertiary/aromatic N) is 2. The molecule has 0 fully saturated rings. The summed E-state index contributed by atoms with van der Waals surface area (Å²) >= 11 is 0. The van der Waals surface area contributed by atoms with Gasteiger partial charge in [-0.1, -0.05) is 31.2 Å². The number of phenols is 1. The zero-order valence-electron chi connectivity index (χ0n) is 17.7. The smallest absolute Gasteiger partial charge is 0.165 e. The Hall–Kier alpha value is -3.90. The molecular weight excluding hydrogens is 400 g/mol. The van der Waals surface area contributed by atoms with Crippen molar-refractivity contribution in [3.8, 4) is 28.3 Å². The van der Waals surface area contributed by atoms with Crippen molar-refractivity contribution in [2.75, 3.05) is 11.9 Å². The highest BCUT2D eigenvalue weighted by atomic mass is 16.3. The van der Waals surface area contributed by atoms with Crippen LogP contribution in [0.15, 0.2) is 77.4 Å². The molecule has 0 spiro atoms. The summed E-state index contributed by atoms with van der Waals surface area (Å²) in [6.45, 7) is 2.66. The molecule has 4 N–H and O–H groups in total.